The average Bonchev–Trinajstić information content (AvgIpc) is 2.46. The Balaban J connectivity index is 2.41. The van der Waals surface area contributed by atoms with Crippen molar-refractivity contribution in [1.82, 2.24) is 4.90 Å². The standard InChI is InChI=1S/C17H19NO2/c1-12-10-14(8-9-16(12)20-4)13-6-5-7-15(11-13)17(19)18(2)3/h5-11H,1-4H3. The van der Waals surface area contributed by atoms with Crippen LogP contribution in [0.25, 0.3) is 11.1 Å². The molecule has 1 amide bonds. The first-order valence-electron chi connectivity index (χ1n) is 6.49. The number of hydrogen-bond acceptors (Lipinski definition) is 2. The van der Waals surface area contributed by atoms with Gasteiger partial charge in [-0.3, -0.25) is 4.79 Å². The normalized spacial score (nSPS) is 10.2. The molecule has 20 heavy (non-hydrogen) atoms. The van der Waals surface area contributed by atoms with Crippen LogP contribution in [0.1, 0.15) is 15.9 Å². The maximum Gasteiger partial charge on any atom is 0.253 e. The summed E-state index contributed by atoms with van der Waals surface area (Å²) in [6.07, 6.45) is 0. The lowest BCUT2D eigenvalue weighted by atomic mass is 10.0. The van der Waals surface area contributed by atoms with Gasteiger partial charge in [-0.2, -0.15) is 0 Å². The number of carbonyl (C=O) groups excluding carboxylic acids is 1. The zero-order valence-corrected chi connectivity index (χ0v) is 12.3. The summed E-state index contributed by atoms with van der Waals surface area (Å²) in [6, 6.07) is 13.7. The van der Waals surface area contributed by atoms with Gasteiger partial charge in [-0.1, -0.05) is 18.2 Å². The fourth-order valence-corrected chi connectivity index (χ4v) is 2.15. The van der Waals surface area contributed by atoms with Crippen molar-refractivity contribution in [2.24, 2.45) is 0 Å². The minimum Gasteiger partial charge on any atom is -0.496 e. The minimum atomic E-state index is 0.0112. The van der Waals surface area contributed by atoms with E-state index in [0.717, 1.165) is 22.4 Å². The number of nitrogens with zero attached hydrogens (tertiary/aromatic N) is 1. The number of hydrogen-bond donors (Lipinski definition) is 0. The second kappa shape index (κ2) is 5.78. The smallest absolute Gasteiger partial charge is 0.253 e. The second-order valence-corrected chi connectivity index (χ2v) is 4.96. The lowest BCUT2D eigenvalue weighted by Gasteiger charge is -2.12. The Labute approximate surface area is 119 Å². The number of ether oxygens (including phenoxy) is 1. The predicted molar refractivity (Wildman–Crippen MR) is 81.2 cm³/mol. The molecule has 0 aliphatic heterocycles. The van der Waals surface area contributed by atoms with E-state index in [1.807, 2.05) is 43.3 Å². The Morgan fingerprint density at radius 2 is 1.75 bits per heavy atom. The highest BCUT2D eigenvalue weighted by Gasteiger charge is 2.09. The van der Waals surface area contributed by atoms with Gasteiger partial charge in [0, 0.05) is 19.7 Å². The molecule has 3 nitrogen and oxygen atoms in total. The van der Waals surface area contributed by atoms with Crippen LogP contribution < -0.4 is 4.74 Å². The van der Waals surface area contributed by atoms with Crippen LogP contribution in [0.3, 0.4) is 0 Å². The molecule has 0 saturated heterocycles. The van der Waals surface area contributed by atoms with Crippen LogP contribution >= 0.6 is 0 Å². The molecule has 0 N–H and O–H groups in total. The molecule has 0 aliphatic carbocycles. The number of carbonyl (C=O) groups is 1. The Morgan fingerprint density at radius 3 is 2.35 bits per heavy atom. The number of aryl methyl sites for hydroxylation is 1. The first-order chi connectivity index (χ1) is 9.52. The first kappa shape index (κ1) is 14.1. The number of methoxy groups -OCH3 is 1. The Bertz CT molecular complexity index is 633. The molecule has 0 aliphatic rings. The second-order valence-electron chi connectivity index (χ2n) is 4.96. The van der Waals surface area contributed by atoms with Crippen molar-refractivity contribution < 1.29 is 9.53 Å². The zero-order valence-electron chi connectivity index (χ0n) is 12.3. The van der Waals surface area contributed by atoms with Crippen molar-refractivity contribution in [3.05, 3.63) is 53.6 Å². The predicted octanol–water partition coefficient (Wildman–Crippen LogP) is 3.37. The van der Waals surface area contributed by atoms with Crippen molar-refractivity contribution >= 4 is 5.91 Å². The van der Waals surface area contributed by atoms with Crippen LogP contribution in [0, 0.1) is 6.92 Å². The molecular formula is C17H19NO2. The van der Waals surface area contributed by atoms with Gasteiger partial charge in [0.2, 0.25) is 0 Å². The van der Waals surface area contributed by atoms with Gasteiger partial charge in [0.15, 0.2) is 0 Å². The average molecular weight is 269 g/mol. The van der Waals surface area contributed by atoms with Crippen LogP contribution in [-0.2, 0) is 0 Å². The third-order valence-electron chi connectivity index (χ3n) is 3.24. The molecule has 2 aromatic carbocycles. The summed E-state index contributed by atoms with van der Waals surface area (Å²) in [5.74, 6) is 0.881. The molecule has 0 atom stereocenters. The molecule has 0 aromatic heterocycles. The molecule has 0 bridgehead atoms. The summed E-state index contributed by atoms with van der Waals surface area (Å²) in [4.78, 5) is 13.6. The minimum absolute atomic E-state index is 0.0112. The molecule has 0 unspecified atom stereocenters. The van der Waals surface area contributed by atoms with Crippen LogP contribution in [-0.4, -0.2) is 32.0 Å². The van der Waals surface area contributed by atoms with Gasteiger partial charge < -0.3 is 9.64 Å². The maximum absolute atomic E-state index is 12.0. The third-order valence-corrected chi connectivity index (χ3v) is 3.24. The number of rotatable bonds is 3. The molecule has 0 radical (unpaired) electrons. The van der Waals surface area contributed by atoms with Gasteiger partial charge in [0.25, 0.3) is 5.91 Å². The van der Waals surface area contributed by atoms with E-state index in [1.165, 1.54) is 0 Å². The van der Waals surface area contributed by atoms with Crippen molar-refractivity contribution in [1.29, 1.82) is 0 Å². The van der Waals surface area contributed by atoms with E-state index in [-0.39, 0.29) is 5.91 Å². The Morgan fingerprint density at radius 1 is 1.05 bits per heavy atom. The lowest BCUT2D eigenvalue weighted by molar-refractivity contribution is 0.0827. The Kier molecular flexibility index (Phi) is 4.08. The van der Waals surface area contributed by atoms with Crippen LogP contribution in [0.15, 0.2) is 42.5 Å². The summed E-state index contributed by atoms with van der Waals surface area (Å²) >= 11 is 0. The van der Waals surface area contributed by atoms with Gasteiger partial charge in [-0.05, 0) is 47.9 Å². The summed E-state index contributed by atoms with van der Waals surface area (Å²) in [6.45, 7) is 2.01. The first-order valence-corrected chi connectivity index (χ1v) is 6.49. The summed E-state index contributed by atoms with van der Waals surface area (Å²) in [7, 11) is 5.18. The SMILES string of the molecule is COc1ccc(-c2cccc(C(=O)N(C)C)c2)cc1C. The van der Waals surface area contributed by atoms with Gasteiger partial charge in [0.1, 0.15) is 5.75 Å². The summed E-state index contributed by atoms with van der Waals surface area (Å²) in [5, 5.41) is 0. The molecule has 0 fully saturated rings. The van der Waals surface area contributed by atoms with Crippen molar-refractivity contribution in [2.45, 2.75) is 6.92 Å². The lowest BCUT2D eigenvalue weighted by Crippen LogP contribution is -2.21. The summed E-state index contributed by atoms with van der Waals surface area (Å²) in [5.41, 5.74) is 3.88. The topological polar surface area (TPSA) is 29.5 Å². The summed E-state index contributed by atoms with van der Waals surface area (Å²) < 4.78 is 5.27. The zero-order chi connectivity index (χ0) is 14.7. The number of benzene rings is 2. The van der Waals surface area contributed by atoms with Crippen molar-refractivity contribution in [3.8, 4) is 16.9 Å². The third kappa shape index (κ3) is 2.82. The van der Waals surface area contributed by atoms with Crippen molar-refractivity contribution in [3.63, 3.8) is 0 Å². The maximum atomic E-state index is 12.0. The van der Waals surface area contributed by atoms with E-state index in [9.17, 15) is 4.79 Å². The highest BCUT2D eigenvalue weighted by molar-refractivity contribution is 5.95. The van der Waals surface area contributed by atoms with E-state index in [4.69, 9.17) is 4.74 Å². The van der Waals surface area contributed by atoms with Gasteiger partial charge >= 0.3 is 0 Å². The van der Waals surface area contributed by atoms with Crippen LogP contribution in [0.2, 0.25) is 0 Å². The molecule has 0 heterocycles. The fourth-order valence-electron chi connectivity index (χ4n) is 2.15. The largest absolute Gasteiger partial charge is 0.496 e. The Hall–Kier alpha value is -2.29. The number of amides is 1. The molecule has 0 saturated carbocycles. The highest BCUT2D eigenvalue weighted by atomic mass is 16.5. The molecule has 2 rings (SSSR count). The van der Waals surface area contributed by atoms with E-state index in [0.29, 0.717) is 5.56 Å². The van der Waals surface area contributed by atoms with Crippen LogP contribution in [0.5, 0.6) is 5.75 Å². The molecular weight excluding hydrogens is 250 g/mol. The van der Waals surface area contributed by atoms with E-state index >= 15 is 0 Å². The van der Waals surface area contributed by atoms with E-state index in [1.54, 1.807) is 26.1 Å². The van der Waals surface area contributed by atoms with E-state index < -0.39 is 0 Å². The molecule has 3 heteroatoms. The van der Waals surface area contributed by atoms with Gasteiger partial charge in [0.05, 0.1) is 7.11 Å². The van der Waals surface area contributed by atoms with Crippen LogP contribution in [0.4, 0.5) is 0 Å². The van der Waals surface area contributed by atoms with Crippen molar-refractivity contribution in [2.75, 3.05) is 21.2 Å². The highest BCUT2D eigenvalue weighted by Crippen LogP contribution is 2.26. The monoisotopic (exact) mass is 269 g/mol. The fraction of sp³-hybridized carbons (Fsp3) is 0.235. The van der Waals surface area contributed by atoms with E-state index in [2.05, 4.69) is 6.07 Å². The van der Waals surface area contributed by atoms with Gasteiger partial charge in [-0.25, -0.2) is 0 Å². The molecule has 104 valence electrons. The molecule has 2 aromatic rings. The quantitative estimate of drug-likeness (QED) is 0.855. The van der Waals surface area contributed by atoms with Gasteiger partial charge in [-0.15, -0.1) is 0 Å². The molecule has 0 spiro atoms.